The topological polar surface area (TPSA) is 67.3 Å². The van der Waals surface area contributed by atoms with Crippen LogP contribution in [0.15, 0.2) is 12.3 Å². The number of nitrogens with zero attached hydrogens (tertiary/aromatic N) is 1. The van der Waals surface area contributed by atoms with E-state index in [1.165, 1.54) is 19.2 Å². The van der Waals surface area contributed by atoms with Crippen LogP contribution >= 0.6 is 0 Å². The van der Waals surface area contributed by atoms with E-state index in [2.05, 4.69) is 4.98 Å². The average Bonchev–Trinajstić information content (AvgIpc) is 2.16. The fraction of sp³-hybridized carbons (Fsp3) is 0.364. The molecule has 15 heavy (non-hydrogen) atoms. The molecule has 0 unspecified atom stereocenters. The van der Waals surface area contributed by atoms with Crippen LogP contribution in [0.1, 0.15) is 41.6 Å². The molecule has 0 fully saturated rings. The molecule has 0 amide bonds. The Balaban J connectivity index is 3.27. The zero-order chi connectivity index (χ0) is 11.6. The fourth-order valence-corrected chi connectivity index (χ4v) is 1.19. The first-order valence-electron chi connectivity index (χ1n) is 4.68. The van der Waals surface area contributed by atoms with Crippen LogP contribution < -0.4 is 0 Å². The van der Waals surface area contributed by atoms with Crippen LogP contribution in [0.5, 0.6) is 5.75 Å². The summed E-state index contributed by atoms with van der Waals surface area (Å²) in [4.78, 5) is 26.5. The molecule has 0 aliphatic rings. The lowest BCUT2D eigenvalue weighted by molar-refractivity contribution is 0.0931. The van der Waals surface area contributed by atoms with Crippen molar-refractivity contribution in [3.05, 3.63) is 23.5 Å². The van der Waals surface area contributed by atoms with Gasteiger partial charge in [-0.25, -0.2) is 4.98 Å². The molecule has 0 atom stereocenters. The van der Waals surface area contributed by atoms with E-state index < -0.39 is 0 Å². The highest BCUT2D eigenvalue weighted by atomic mass is 16.3. The maximum atomic E-state index is 11.6. The lowest BCUT2D eigenvalue weighted by Gasteiger charge is -2.07. The van der Waals surface area contributed by atoms with Crippen LogP contribution in [0.25, 0.3) is 0 Å². The van der Waals surface area contributed by atoms with Gasteiger partial charge in [0.2, 0.25) is 0 Å². The highest BCUT2D eigenvalue weighted by Crippen LogP contribution is 2.22. The molecule has 1 heterocycles. The van der Waals surface area contributed by atoms with Crippen LogP contribution in [0.2, 0.25) is 0 Å². The second-order valence-electron chi connectivity index (χ2n) is 3.63. The molecule has 1 aromatic heterocycles. The van der Waals surface area contributed by atoms with Crippen molar-refractivity contribution in [3.8, 4) is 5.75 Å². The van der Waals surface area contributed by atoms with Crippen molar-refractivity contribution in [2.75, 3.05) is 0 Å². The molecule has 1 N–H and O–H groups in total. The highest BCUT2D eigenvalue weighted by molar-refractivity contribution is 6.03. The molecule has 0 aromatic carbocycles. The minimum atomic E-state index is -0.316. The molecule has 0 bridgehead atoms. The third-order valence-corrected chi connectivity index (χ3v) is 2.06. The van der Waals surface area contributed by atoms with Gasteiger partial charge in [0.1, 0.15) is 5.69 Å². The molecular weight excluding hydrogens is 194 g/mol. The minimum absolute atomic E-state index is 0.0299. The van der Waals surface area contributed by atoms with Gasteiger partial charge < -0.3 is 5.11 Å². The predicted molar refractivity (Wildman–Crippen MR) is 55.1 cm³/mol. The van der Waals surface area contributed by atoms with Crippen LogP contribution in [-0.4, -0.2) is 21.7 Å². The van der Waals surface area contributed by atoms with E-state index in [0.29, 0.717) is 0 Å². The Morgan fingerprint density at radius 3 is 2.47 bits per heavy atom. The summed E-state index contributed by atoms with van der Waals surface area (Å²) >= 11 is 0. The van der Waals surface area contributed by atoms with E-state index in [1.807, 2.05) is 0 Å². The van der Waals surface area contributed by atoms with Crippen LogP contribution in [-0.2, 0) is 0 Å². The first-order chi connectivity index (χ1) is 6.95. The van der Waals surface area contributed by atoms with Crippen LogP contribution in [0.4, 0.5) is 0 Å². The number of pyridine rings is 1. The largest absolute Gasteiger partial charge is 0.505 e. The normalized spacial score (nSPS) is 10.4. The summed E-state index contributed by atoms with van der Waals surface area (Å²) in [5.74, 6) is -1.13. The number of hydrogen-bond acceptors (Lipinski definition) is 4. The van der Waals surface area contributed by atoms with E-state index in [4.69, 9.17) is 0 Å². The number of Topliss-reactive ketones (excluding diaryl/α,β-unsaturated/α-hetero) is 2. The van der Waals surface area contributed by atoms with Crippen molar-refractivity contribution in [3.63, 3.8) is 0 Å². The van der Waals surface area contributed by atoms with Crippen molar-refractivity contribution >= 4 is 11.6 Å². The number of aromatic hydroxyl groups is 1. The van der Waals surface area contributed by atoms with Crippen LogP contribution in [0.3, 0.4) is 0 Å². The zero-order valence-electron chi connectivity index (χ0n) is 8.94. The quantitative estimate of drug-likeness (QED) is 0.768. The zero-order valence-corrected chi connectivity index (χ0v) is 8.94. The Labute approximate surface area is 88.0 Å². The number of ketones is 2. The number of carbonyl (C=O) groups is 2. The third-order valence-electron chi connectivity index (χ3n) is 2.06. The lowest BCUT2D eigenvalue weighted by Crippen LogP contribution is -2.11. The molecule has 0 radical (unpaired) electrons. The number of aromatic nitrogens is 1. The van der Waals surface area contributed by atoms with E-state index in [-0.39, 0.29) is 34.5 Å². The molecule has 0 aliphatic heterocycles. The Kier molecular flexibility index (Phi) is 3.19. The molecular formula is C11H13NO3. The summed E-state index contributed by atoms with van der Waals surface area (Å²) in [5.41, 5.74) is 0.103. The second-order valence-corrected chi connectivity index (χ2v) is 3.63. The van der Waals surface area contributed by atoms with Gasteiger partial charge in [-0.1, -0.05) is 13.8 Å². The monoisotopic (exact) mass is 207 g/mol. The summed E-state index contributed by atoms with van der Waals surface area (Å²) < 4.78 is 0. The predicted octanol–water partition coefficient (Wildman–Crippen LogP) is 1.83. The smallest absolute Gasteiger partial charge is 0.187 e. The van der Waals surface area contributed by atoms with Gasteiger partial charge in [0, 0.05) is 12.1 Å². The van der Waals surface area contributed by atoms with Gasteiger partial charge in [0.25, 0.3) is 0 Å². The SMILES string of the molecule is CC(=O)c1ccnc(C(=O)C(C)C)c1O. The van der Waals surface area contributed by atoms with E-state index in [0.717, 1.165) is 0 Å². The molecule has 0 saturated heterocycles. The Morgan fingerprint density at radius 1 is 1.40 bits per heavy atom. The number of hydrogen-bond donors (Lipinski definition) is 1. The van der Waals surface area contributed by atoms with E-state index in [9.17, 15) is 14.7 Å². The van der Waals surface area contributed by atoms with Gasteiger partial charge in [0.05, 0.1) is 5.56 Å². The van der Waals surface area contributed by atoms with Crippen molar-refractivity contribution in [1.29, 1.82) is 0 Å². The van der Waals surface area contributed by atoms with Gasteiger partial charge in [-0.05, 0) is 13.0 Å². The van der Waals surface area contributed by atoms with E-state index in [1.54, 1.807) is 13.8 Å². The summed E-state index contributed by atoms with van der Waals surface area (Å²) in [6.07, 6.45) is 1.35. The fourth-order valence-electron chi connectivity index (χ4n) is 1.19. The minimum Gasteiger partial charge on any atom is -0.505 e. The number of carbonyl (C=O) groups excluding carboxylic acids is 2. The van der Waals surface area contributed by atoms with Crippen molar-refractivity contribution < 1.29 is 14.7 Å². The van der Waals surface area contributed by atoms with Gasteiger partial charge in [-0.2, -0.15) is 0 Å². The van der Waals surface area contributed by atoms with Gasteiger partial charge in [-0.3, -0.25) is 9.59 Å². The molecule has 80 valence electrons. The molecule has 0 saturated carbocycles. The van der Waals surface area contributed by atoms with Crippen molar-refractivity contribution in [2.45, 2.75) is 20.8 Å². The number of rotatable bonds is 3. The van der Waals surface area contributed by atoms with Crippen molar-refractivity contribution in [2.24, 2.45) is 5.92 Å². The molecule has 4 nitrogen and oxygen atoms in total. The van der Waals surface area contributed by atoms with E-state index >= 15 is 0 Å². The third kappa shape index (κ3) is 2.21. The average molecular weight is 207 g/mol. The standard InChI is InChI=1S/C11H13NO3/c1-6(2)10(14)9-11(15)8(7(3)13)4-5-12-9/h4-6,15H,1-3H3. The molecule has 1 aromatic rings. The molecule has 1 rings (SSSR count). The van der Waals surface area contributed by atoms with Gasteiger partial charge >= 0.3 is 0 Å². The summed E-state index contributed by atoms with van der Waals surface area (Å²) in [6.45, 7) is 4.76. The van der Waals surface area contributed by atoms with Crippen LogP contribution in [0, 0.1) is 5.92 Å². The molecule has 4 heteroatoms. The second kappa shape index (κ2) is 4.21. The maximum absolute atomic E-state index is 11.6. The van der Waals surface area contributed by atoms with Crippen molar-refractivity contribution in [1.82, 2.24) is 4.98 Å². The summed E-state index contributed by atoms with van der Waals surface area (Å²) in [6, 6.07) is 1.40. The maximum Gasteiger partial charge on any atom is 0.187 e. The molecule has 0 spiro atoms. The Hall–Kier alpha value is -1.71. The molecule has 0 aliphatic carbocycles. The Morgan fingerprint density at radius 2 is 2.00 bits per heavy atom. The van der Waals surface area contributed by atoms with Gasteiger partial charge in [0.15, 0.2) is 17.3 Å². The first-order valence-corrected chi connectivity index (χ1v) is 4.68. The summed E-state index contributed by atoms with van der Waals surface area (Å²) in [5, 5.41) is 9.67. The lowest BCUT2D eigenvalue weighted by atomic mass is 10.0. The highest BCUT2D eigenvalue weighted by Gasteiger charge is 2.19. The Bertz CT molecular complexity index is 410. The first kappa shape index (κ1) is 11.4. The summed E-state index contributed by atoms with van der Waals surface area (Å²) in [7, 11) is 0. The van der Waals surface area contributed by atoms with Gasteiger partial charge in [-0.15, -0.1) is 0 Å².